The molecule has 0 saturated heterocycles. The van der Waals surface area contributed by atoms with Gasteiger partial charge in [0.15, 0.2) is 0 Å². The number of carbonyl (C=O) groups is 1. The molecule has 3 nitrogen and oxygen atoms in total. The smallest absolute Gasteiger partial charge is 0.342 e. The molecule has 0 saturated carbocycles. The van der Waals surface area contributed by atoms with Gasteiger partial charge in [0.25, 0.3) is 0 Å². The maximum absolute atomic E-state index is 13.3. The Hall–Kier alpha value is -1.84. The molecule has 0 bridgehead atoms. The zero-order chi connectivity index (χ0) is 13.4. The van der Waals surface area contributed by atoms with Crippen LogP contribution >= 0.6 is 0 Å². The number of aromatic carboxylic acids is 1. The van der Waals surface area contributed by atoms with Crippen molar-refractivity contribution in [2.75, 3.05) is 6.61 Å². The van der Waals surface area contributed by atoms with Crippen LogP contribution in [0.2, 0.25) is 0 Å². The van der Waals surface area contributed by atoms with E-state index in [0.717, 1.165) is 31.7 Å². The summed E-state index contributed by atoms with van der Waals surface area (Å²) in [6, 6.07) is 4.02. The number of carboxylic acid groups (broad SMARTS) is 1. The van der Waals surface area contributed by atoms with Crippen molar-refractivity contribution >= 4 is 5.97 Å². The van der Waals surface area contributed by atoms with E-state index in [1.807, 2.05) is 6.08 Å². The van der Waals surface area contributed by atoms with Gasteiger partial charge in [-0.2, -0.15) is 0 Å². The minimum Gasteiger partial charge on any atom is -0.493 e. The fourth-order valence-electron chi connectivity index (χ4n) is 1.58. The van der Waals surface area contributed by atoms with Crippen molar-refractivity contribution in [1.29, 1.82) is 0 Å². The summed E-state index contributed by atoms with van der Waals surface area (Å²) < 4.78 is 18.6. The quantitative estimate of drug-likeness (QED) is 0.567. The van der Waals surface area contributed by atoms with Gasteiger partial charge in [0.1, 0.15) is 17.1 Å². The Bertz CT molecular complexity index is 416. The summed E-state index contributed by atoms with van der Waals surface area (Å²) in [6.07, 6.45) is 5.63. The second kappa shape index (κ2) is 7.48. The van der Waals surface area contributed by atoms with Crippen LogP contribution in [0.25, 0.3) is 0 Å². The number of ether oxygens (including phenoxy) is 1. The highest BCUT2D eigenvalue weighted by Crippen LogP contribution is 2.21. The van der Waals surface area contributed by atoms with Crippen molar-refractivity contribution in [2.45, 2.75) is 25.7 Å². The molecule has 0 heterocycles. The fourth-order valence-corrected chi connectivity index (χ4v) is 1.58. The predicted octanol–water partition coefficient (Wildman–Crippen LogP) is 3.65. The van der Waals surface area contributed by atoms with Crippen molar-refractivity contribution in [2.24, 2.45) is 0 Å². The van der Waals surface area contributed by atoms with E-state index in [4.69, 9.17) is 9.84 Å². The number of carboxylic acids is 1. The summed E-state index contributed by atoms with van der Waals surface area (Å²) in [7, 11) is 0. The molecule has 1 aromatic carbocycles. The molecule has 0 amide bonds. The van der Waals surface area contributed by atoms with Crippen LogP contribution in [0.15, 0.2) is 30.9 Å². The number of allylic oxidation sites excluding steroid dienone is 1. The summed E-state index contributed by atoms with van der Waals surface area (Å²) in [5.74, 6) is -1.99. The molecule has 0 aliphatic rings. The Balaban J connectivity index is 2.49. The van der Waals surface area contributed by atoms with Gasteiger partial charge in [-0.1, -0.05) is 12.1 Å². The Morgan fingerprint density at radius 3 is 2.83 bits per heavy atom. The molecule has 1 aromatic rings. The van der Waals surface area contributed by atoms with E-state index in [2.05, 4.69) is 6.58 Å². The molecule has 0 aliphatic carbocycles. The Morgan fingerprint density at radius 2 is 2.17 bits per heavy atom. The predicted molar refractivity (Wildman–Crippen MR) is 67.5 cm³/mol. The second-order valence-electron chi connectivity index (χ2n) is 3.90. The lowest BCUT2D eigenvalue weighted by Crippen LogP contribution is -2.06. The van der Waals surface area contributed by atoms with Gasteiger partial charge in [-0.3, -0.25) is 0 Å². The van der Waals surface area contributed by atoms with Crippen LogP contribution in [0.3, 0.4) is 0 Å². The summed E-state index contributed by atoms with van der Waals surface area (Å²) in [5, 5.41) is 8.89. The fraction of sp³-hybridized carbons (Fsp3) is 0.357. The minimum atomic E-state index is -1.31. The van der Waals surface area contributed by atoms with Gasteiger partial charge >= 0.3 is 5.97 Å². The van der Waals surface area contributed by atoms with E-state index >= 15 is 0 Å². The molecule has 1 rings (SSSR count). The van der Waals surface area contributed by atoms with E-state index in [1.165, 1.54) is 12.1 Å². The third-order valence-corrected chi connectivity index (χ3v) is 2.50. The summed E-state index contributed by atoms with van der Waals surface area (Å²) in [6.45, 7) is 4.02. The largest absolute Gasteiger partial charge is 0.493 e. The van der Waals surface area contributed by atoms with Crippen LogP contribution in [0.4, 0.5) is 4.39 Å². The normalized spacial score (nSPS) is 10.1. The monoisotopic (exact) mass is 252 g/mol. The van der Waals surface area contributed by atoms with E-state index < -0.39 is 17.3 Å². The van der Waals surface area contributed by atoms with Gasteiger partial charge in [0.2, 0.25) is 0 Å². The Morgan fingerprint density at radius 1 is 1.39 bits per heavy atom. The number of benzene rings is 1. The van der Waals surface area contributed by atoms with E-state index in [1.54, 1.807) is 0 Å². The van der Waals surface area contributed by atoms with Crippen LogP contribution in [0.5, 0.6) is 5.75 Å². The highest BCUT2D eigenvalue weighted by atomic mass is 19.1. The van der Waals surface area contributed by atoms with Crippen molar-refractivity contribution in [3.63, 3.8) is 0 Å². The SMILES string of the molecule is C=CCCCCCOc1cccc(F)c1C(=O)O. The van der Waals surface area contributed by atoms with Crippen LogP contribution in [0.1, 0.15) is 36.0 Å². The van der Waals surface area contributed by atoms with Crippen molar-refractivity contribution in [1.82, 2.24) is 0 Å². The number of hydrogen-bond donors (Lipinski definition) is 1. The molecule has 0 aromatic heterocycles. The number of rotatable bonds is 8. The molecule has 98 valence electrons. The van der Waals surface area contributed by atoms with E-state index in [-0.39, 0.29) is 5.75 Å². The molecule has 0 radical (unpaired) electrons. The Labute approximate surface area is 106 Å². The topological polar surface area (TPSA) is 46.5 Å². The summed E-state index contributed by atoms with van der Waals surface area (Å²) in [4.78, 5) is 10.9. The van der Waals surface area contributed by atoms with Gasteiger partial charge in [-0.05, 0) is 37.8 Å². The first-order chi connectivity index (χ1) is 8.66. The third-order valence-electron chi connectivity index (χ3n) is 2.50. The molecule has 0 atom stereocenters. The highest BCUT2D eigenvalue weighted by Gasteiger charge is 2.16. The minimum absolute atomic E-state index is 0.0891. The van der Waals surface area contributed by atoms with Gasteiger partial charge in [-0.25, -0.2) is 9.18 Å². The first-order valence-corrected chi connectivity index (χ1v) is 5.92. The average Bonchev–Trinajstić information content (AvgIpc) is 2.33. The molecular weight excluding hydrogens is 235 g/mol. The lowest BCUT2D eigenvalue weighted by molar-refractivity contribution is 0.0686. The second-order valence-corrected chi connectivity index (χ2v) is 3.90. The molecule has 0 unspecified atom stereocenters. The van der Waals surface area contributed by atoms with Gasteiger partial charge < -0.3 is 9.84 Å². The van der Waals surface area contributed by atoms with Crippen LogP contribution in [-0.2, 0) is 0 Å². The molecule has 0 fully saturated rings. The van der Waals surface area contributed by atoms with E-state index in [0.29, 0.717) is 6.61 Å². The lowest BCUT2D eigenvalue weighted by Gasteiger charge is -2.09. The number of hydrogen-bond acceptors (Lipinski definition) is 2. The molecule has 0 spiro atoms. The van der Waals surface area contributed by atoms with Gasteiger partial charge in [-0.15, -0.1) is 6.58 Å². The maximum atomic E-state index is 13.3. The Kier molecular flexibility index (Phi) is 5.91. The first kappa shape index (κ1) is 14.2. The molecule has 0 aliphatic heterocycles. The third kappa shape index (κ3) is 4.20. The zero-order valence-electron chi connectivity index (χ0n) is 10.2. The van der Waals surface area contributed by atoms with Crippen molar-refractivity contribution < 1.29 is 19.0 Å². The van der Waals surface area contributed by atoms with Crippen molar-refractivity contribution in [3.05, 3.63) is 42.2 Å². The summed E-state index contributed by atoms with van der Waals surface area (Å²) in [5.41, 5.74) is -0.399. The number of halogens is 1. The van der Waals surface area contributed by atoms with Crippen LogP contribution in [-0.4, -0.2) is 17.7 Å². The van der Waals surface area contributed by atoms with Gasteiger partial charge in [0.05, 0.1) is 6.61 Å². The molecule has 4 heteroatoms. The standard InChI is InChI=1S/C14H17FO3/c1-2-3-4-5-6-10-18-12-9-7-8-11(15)13(12)14(16)17/h2,7-9H,1,3-6,10H2,(H,16,17). The lowest BCUT2D eigenvalue weighted by atomic mass is 10.2. The molecular formula is C14H17FO3. The van der Waals surface area contributed by atoms with Crippen LogP contribution in [0, 0.1) is 5.82 Å². The van der Waals surface area contributed by atoms with Gasteiger partial charge in [0, 0.05) is 0 Å². The zero-order valence-corrected chi connectivity index (χ0v) is 10.2. The maximum Gasteiger partial charge on any atom is 0.342 e. The van der Waals surface area contributed by atoms with E-state index in [9.17, 15) is 9.18 Å². The van der Waals surface area contributed by atoms with Crippen molar-refractivity contribution in [3.8, 4) is 5.75 Å². The highest BCUT2D eigenvalue weighted by molar-refractivity contribution is 5.91. The average molecular weight is 252 g/mol. The molecule has 18 heavy (non-hydrogen) atoms. The first-order valence-electron chi connectivity index (χ1n) is 5.92. The number of unbranched alkanes of at least 4 members (excludes halogenated alkanes) is 3. The summed E-state index contributed by atoms with van der Waals surface area (Å²) >= 11 is 0. The molecule has 1 N–H and O–H groups in total. The van der Waals surface area contributed by atoms with Crippen LogP contribution < -0.4 is 4.74 Å².